The normalized spacial score (nSPS) is 11.0. The number of aromatic nitrogens is 5. The van der Waals surface area contributed by atoms with Crippen molar-refractivity contribution in [2.45, 2.75) is 27.3 Å². The highest BCUT2D eigenvalue weighted by Gasteiger charge is 2.20. The van der Waals surface area contributed by atoms with E-state index in [0.717, 1.165) is 26.8 Å². The Hall–Kier alpha value is -2.81. The molecule has 9 heteroatoms. The number of nitrogens with zero attached hydrogens (tertiary/aromatic N) is 5. The predicted octanol–water partition coefficient (Wildman–Crippen LogP) is 3.32. The number of rotatable bonds is 7. The molecule has 0 radical (unpaired) electrons. The Balaban J connectivity index is 2.05. The molecule has 0 aliphatic carbocycles. The minimum atomic E-state index is 0.0698. The number of pyridine rings is 1. The van der Waals surface area contributed by atoms with Crippen LogP contribution < -0.4 is 10.6 Å². The molecule has 3 rings (SSSR count). The van der Waals surface area contributed by atoms with E-state index in [1.54, 1.807) is 22.3 Å². The van der Waals surface area contributed by atoms with Gasteiger partial charge in [-0.2, -0.15) is 5.10 Å². The third-order valence-electron chi connectivity index (χ3n) is 4.03. The summed E-state index contributed by atoms with van der Waals surface area (Å²) < 4.78 is 1.67. The maximum atomic E-state index is 8.57. The average molecular weight is 385 g/mol. The zero-order chi connectivity index (χ0) is 19.6. The predicted molar refractivity (Wildman–Crippen MR) is 110 cm³/mol. The quantitative estimate of drug-likeness (QED) is 0.540. The van der Waals surface area contributed by atoms with E-state index in [4.69, 9.17) is 10.4 Å². The summed E-state index contributed by atoms with van der Waals surface area (Å²) in [7, 11) is 3.66. The second-order valence-corrected chi connectivity index (χ2v) is 7.80. The second kappa shape index (κ2) is 7.83. The van der Waals surface area contributed by atoms with Gasteiger partial charge in [0.1, 0.15) is 22.8 Å². The highest BCUT2D eigenvalue weighted by Crippen LogP contribution is 2.32. The van der Waals surface area contributed by atoms with E-state index in [-0.39, 0.29) is 5.92 Å². The molecule has 0 saturated heterocycles. The third kappa shape index (κ3) is 4.13. The smallest absolute Gasteiger partial charge is 0.169 e. The lowest BCUT2D eigenvalue weighted by molar-refractivity contribution is 0.747. The van der Waals surface area contributed by atoms with E-state index >= 15 is 0 Å². The summed E-state index contributed by atoms with van der Waals surface area (Å²) in [6.07, 6.45) is 3.51. The van der Waals surface area contributed by atoms with Crippen molar-refractivity contribution in [3.63, 3.8) is 0 Å². The van der Waals surface area contributed by atoms with Crippen LogP contribution in [0.3, 0.4) is 0 Å². The van der Waals surface area contributed by atoms with Gasteiger partial charge in [-0.1, -0.05) is 13.8 Å². The molecule has 0 bridgehead atoms. The fourth-order valence-electron chi connectivity index (χ4n) is 2.65. The lowest BCUT2D eigenvalue weighted by Gasteiger charge is -2.19. The highest BCUT2D eigenvalue weighted by atomic mass is 32.1. The van der Waals surface area contributed by atoms with Crippen LogP contribution in [-0.2, 0) is 13.6 Å². The average Bonchev–Trinajstić information content (AvgIpc) is 3.26. The molecule has 27 heavy (non-hydrogen) atoms. The van der Waals surface area contributed by atoms with Gasteiger partial charge in [-0.15, -0.1) is 11.3 Å². The van der Waals surface area contributed by atoms with Gasteiger partial charge in [0.2, 0.25) is 0 Å². The van der Waals surface area contributed by atoms with Crippen molar-refractivity contribution in [2.24, 2.45) is 13.0 Å². The summed E-state index contributed by atoms with van der Waals surface area (Å²) in [6, 6.07) is 1.95. The molecule has 3 heterocycles. The van der Waals surface area contributed by atoms with Crippen LogP contribution >= 0.6 is 11.3 Å². The second-order valence-electron chi connectivity index (χ2n) is 6.56. The summed E-state index contributed by atoms with van der Waals surface area (Å²) in [5.74, 6) is 1.42. The van der Waals surface area contributed by atoms with Gasteiger partial charge in [-0.3, -0.25) is 4.68 Å². The number of hydrogen-bond donors (Lipinski definition) is 3. The van der Waals surface area contributed by atoms with Crippen molar-refractivity contribution in [1.29, 1.82) is 5.41 Å². The lowest BCUT2D eigenvalue weighted by Crippen LogP contribution is -2.16. The van der Waals surface area contributed by atoms with Crippen molar-refractivity contribution in [3.8, 4) is 10.7 Å². The van der Waals surface area contributed by atoms with Crippen molar-refractivity contribution in [1.82, 2.24) is 24.7 Å². The van der Waals surface area contributed by atoms with Gasteiger partial charge in [-0.05, 0) is 18.9 Å². The van der Waals surface area contributed by atoms with Crippen molar-refractivity contribution < 1.29 is 0 Å². The lowest BCUT2D eigenvalue weighted by atomic mass is 9.98. The first-order valence-electron chi connectivity index (χ1n) is 8.71. The molecule has 0 atom stereocenters. The maximum absolute atomic E-state index is 8.57. The molecule has 8 nitrogen and oxygen atoms in total. The number of aryl methyl sites for hydroxylation is 2. The Morgan fingerprint density at radius 3 is 2.67 bits per heavy atom. The Kier molecular flexibility index (Phi) is 5.50. The molecule has 3 N–H and O–H groups in total. The first-order chi connectivity index (χ1) is 12.9. The Morgan fingerprint density at radius 1 is 1.33 bits per heavy atom. The topological polar surface area (TPSA) is 104 Å². The summed E-state index contributed by atoms with van der Waals surface area (Å²) >= 11 is 1.60. The van der Waals surface area contributed by atoms with Crippen LogP contribution in [0.2, 0.25) is 0 Å². The first kappa shape index (κ1) is 19.0. The molecule has 0 aliphatic heterocycles. The SMILES string of the molecule is CNc1nc(-c2ncc(C)s2)cc(NCc2ncn(C)n2)c1C(=N)C(C)C. The maximum Gasteiger partial charge on any atom is 0.169 e. The largest absolute Gasteiger partial charge is 0.377 e. The van der Waals surface area contributed by atoms with Crippen molar-refractivity contribution >= 4 is 28.6 Å². The molecule has 0 spiro atoms. The molecule has 3 aromatic rings. The van der Waals surface area contributed by atoms with Gasteiger partial charge in [0.25, 0.3) is 0 Å². The third-order valence-corrected chi connectivity index (χ3v) is 4.96. The summed E-state index contributed by atoms with van der Waals surface area (Å²) in [4.78, 5) is 14.6. The van der Waals surface area contributed by atoms with Crippen LogP contribution in [-0.4, -0.2) is 37.5 Å². The number of hydrogen-bond acceptors (Lipinski definition) is 8. The molecular formula is C18H24N8S. The van der Waals surface area contributed by atoms with Crippen LogP contribution in [0.15, 0.2) is 18.6 Å². The fourth-order valence-corrected chi connectivity index (χ4v) is 3.37. The van der Waals surface area contributed by atoms with E-state index < -0.39 is 0 Å². The van der Waals surface area contributed by atoms with E-state index in [1.807, 2.05) is 47.1 Å². The van der Waals surface area contributed by atoms with Gasteiger partial charge in [0.15, 0.2) is 5.82 Å². The van der Waals surface area contributed by atoms with Crippen molar-refractivity contribution in [2.75, 3.05) is 17.7 Å². The summed E-state index contributed by atoms with van der Waals surface area (Å²) in [6.45, 7) is 6.49. The molecule has 0 fully saturated rings. The molecule has 142 valence electrons. The van der Waals surface area contributed by atoms with E-state index in [2.05, 4.69) is 25.7 Å². The monoisotopic (exact) mass is 384 g/mol. The van der Waals surface area contributed by atoms with E-state index in [1.165, 1.54) is 0 Å². The molecule has 0 amide bonds. The Morgan fingerprint density at radius 2 is 2.11 bits per heavy atom. The Labute approximate surface area is 162 Å². The van der Waals surface area contributed by atoms with Crippen LogP contribution in [0.5, 0.6) is 0 Å². The van der Waals surface area contributed by atoms with Crippen LogP contribution in [0, 0.1) is 18.3 Å². The minimum absolute atomic E-state index is 0.0698. The van der Waals surface area contributed by atoms with Crippen molar-refractivity contribution in [3.05, 3.63) is 34.9 Å². The first-order valence-corrected chi connectivity index (χ1v) is 9.53. The van der Waals surface area contributed by atoms with Crippen LogP contribution in [0.25, 0.3) is 10.7 Å². The van der Waals surface area contributed by atoms with Gasteiger partial charge < -0.3 is 16.0 Å². The van der Waals surface area contributed by atoms with Gasteiger partial charge in [0, 0.05) is 36.6 Å². The van der Waals surface area contributed by atoms with Crippen LogP contribution in [0.1, 0.15) is 30.1 Å². The number of anilines is 2. The number of thiazole rings is 1. The minimum Gasteiger partial charge on any atom is -0.377 e. The Bertz CT molecular complexity index is 956. The standard InChI is InChI=1S/C18H24N8S/c1-10(2)16(19)15-12(21-8-14-23-9-26(5)25-14)6-13(24-17(15)20-4)18-22-7-11(3)27-18/h6-7,9-10,19H,8H2,1-5H3,(H2,20,21,24). The molecular weight excluding hydrogens is 360 g/mol. The van der Waals surface area contributed by atoms with E-state index in [9.17, 15) is 0 Å². The molecule has 3 aromatic heterocycles. The van der Waals surface area contributed by atoms with Gasteiger partial charge in [0.05, 0.1) is 12.1 Å². The van der Waals surface area contributed by atoms with Gasteiger partial charge >= 0.3 is 0 Å². The molecule has 0 unspecified atom stereocenters. The molecule has 0 aliphatic rings. The highest BCUT2D eigenvalue weighted by molar-refractivity contribution is 7.14. The summed E-state index contributed by atoms with van der Waals surface area (Å²) in [5, 5.41) is 20.3. The van der Waals surface area contributed by atoms with Gasteiger partial charge in [-0.25, -0.2) is 15.0 Å². The molecule has 0 aromatic carbocycles. The van der Waals surface area contributed by atoms with E-state index in [0.29, 0.717) is 23.9 Å². The number of nitrogens with one attached hydrogen (secondary N) is 3. The van der Waals surface area contributed by atoms with Crippen LogP contribution in [0.4, 0.5) is 11.5 Å². The summed E-state index contributed by atoms with van der Waals surface area (Å²) in [5.41, 5.74) is 2.88. The fraction of sp³-hybridized carbons (Fsp3) is 0.389. The zero-order valence-corrected chi connectivity index (χ0v) is 17.0. The zero-order valence-electron chi connectivity index (χ0n) is 16.2. The molecule has 0 saturated carbocycles.